The predicted octanol–water partition coefficient (Wildman–Crippen LogP) is 4.32. The van der Waals surface area contributed by atoms with Crippen molar-refractivity contribution in [3.05, 3.63) is 35.1 Å². The topological polar surface area (TPSA) is 43.8 Å². The summed E-state index contributed by atoms with van der Waals surface area (Å²) in [5, 5.41) is 0.704. The van der Waals surface area contributed by atoms with Gasteiger partial charge in [0.2, 0.25) is 0 Å². The summed E-state index contributed by atoms with van der Waals surface area (Å²) in [5.74, 6) is 3.00. The molecule has 4 heteroatoms. The first-order valence-electron chi connectivity index (χ1n) is 7.18. The maximum absolute atomic E-state index is 6.36. The fourth-order valence-corrected chi connectivity index (χ4v) is 2.77. The smallest absolute Gasteiger partial charge is 0.131 e. The van der Waals surface area contributed by atoms with Crippen LogP contribution in [0.5, 0.6) is 0 Å². The summed E-state index contributed by atoms with van der Waals surface area (Å²) < 4.78 is 2.18. The molecule has 0 saturated heterocycles. The monoisotopic (exact) mass is 289 g/mol. The Balaban J connectivity index is 2.10. The summed E-state index contributed by atoms with van der Waals surface area (Å²) >= 11 is 6.29. The fraction of sp³-hybridized carbons (Fsp3) is 0.438. The van der Waals surface area contributed by atoms with Crippen LogP contribution in [0.2, 0.25) is 5.02 Å². The van der Waals surface area contributed by atoms with Crippen molar-refractivity contribution in [1.82, 2.24) is 9.55 Å². The quantitative estimate of drug-likeness (QED) is 0.911. The first kappa shape index (κ1) is 13.5. The van der Waals surface area contributed by atoms with E-state index in [0.717, 1.165) is 29.4 Å². The van der Waals surface area contributed by atoms with Gasteiger partial charge in [-0.25, -0.2) is 4.98 Å². The maximum Gasteiger partial charge on any atom is 0.131 e. The number of benzene rings is 1. The third-order valence-electron chi connectivity index (χ3n) is 3.66. The molecule has 3 rings (SSSR count). The summed E-state index contributed by atoms with van der Waals surface area (Å²) in [4.78, 5) is 4.81. The van der Waals surface area contributed by atoms with E-state index in [2.05, 4.69) is 18.4 Å². The number of nitrogens with two attached hydrogens (primary N) is 1. The van der Waals surface area contributed by atoms with E-state index in [1.807, 2.05) is 24.3 Å². The number of halogens is 1. The summed E-state index contributed by atoms with van der Waals surface area (Å²) in [6.07, 6.45) is 2.44. The number of imidazole rings is 1. The Morgan fingerprint density at radius 3 is 2.65 bits per heavy atom. The van der Waals surface area contributed by atoms with Gasteiger partial charge in [0.05, 0.1) is 5.02 Å². The summed E-state index contributed by atoms with van der Waals surface area (Å²) in [5.41, 5.74) is 8.12. The molecular weight excluding hydrogens is 270 g/mol. The molecule has 1 heterocycles. The van der Waals surface area contributed by atoms with Gasteiger partial charge in [-0.05, 0) is 24.8 Å². The number of aromatic nitrogens is 2. The molecule has 1 aliphatic rings. The van der Waals surface area contributed by atoms with Crippen LogP contribution in [0.4, 0.5) is 5.82 Å². The van der Waals surface area contributed by atoms with Crippen LogP contribution >= 0.6 is 11.6 Å². The van der Waals surface area contributed by atoms with E-state index < -0.39 is 0 Å². The Hall–Kier alpha value is -1.48. The fourth-order valence-electron chi connectivity index (χ4n) is 2.55. The van der Waals surface area contributed by atoms with Gasteiger partial charge in [0.15, 0.2) is 0 Å². The van der Waals surface area contributed by atoms with Crippen LogP contribution in [0.25, 0.3) is 11.3 Å². The number of hydrogen-bond donors (Lipinski definition) is 1. The van der Waals surface area contributed by atoms with Gasteiger partial charge < -0.3 is 10.3 Å². The van der Waals surface area contributed by atoms with Gasteiger partial charge >= 0.3 is 0 Å². The van der Waals surface area contributed by atoms with E-state index in [1.165, 1.54) is 12.8 Å². The Kier molecular flexibility index (Phi) is 3.47. The molecule has 0 unspecified atom stereocenters. The van der Waals surface area contributed by atoms with Crippen LogP contribution in [0.3, 0.4) is 0 Å². The van der Waals surface area contributed by atoms with Crippen molar-refractivity contribution in [3.8, 4) is 11.3 Å². The van der Waals surface area contributed by atoms with Crippen LogP contribution in [0.1, 0.15) is 38.4 Å². The second-order valence-electron chi connectivity index (χ2n) is 5.96. The van der Waals surface area contributed by atoms with E-state index in [-0.39, 0.29) is 0 Å². The molecule has 20 heavy (non-hydrogen) atoms. The molecule has 2 aromatic rings. The zero-order valence-corrected chi connectivity index (χ0v) is 12.7. The molecule has 0 atom stereocenters. The average molecular weight is 290 g/mol. The Morgan fingerprint density at radius 2 is 2.05 bits per heavy atom. The molecular formula is C16H20ClN3. The molecule has 1 fully saturated rings. The SMILES string of the molecule is CC(C)Cn1c(C2CC2)nc(-c2ccccc2Cl)c1N. The Bertz CT molecular complexity index is 627. The van der Waals surface area contributed by atoms with Gasteiger partial charge in [0.25, 0.3) is 0 Å². The van der Waals surface area contributed by atoms with Crippen molar-refractivity contribution < 1.29 is 0 Å². The van der Waals surface area contributed by atoms with Crippen molar-refractivity contribution in [2.45, 2.75) is 39.2 Å². The van der Waals surface area contributed by atoms with Gasteiger partial charge in [-0.1, -0.05) is 43.6 Å². The number of nitrogens with zero attached hydrogens (tertiary/aromatic N) is 2. The van der Waals surface area contributed by atoms with Gasteiger partial charge in [0, 0.05) is 18.0 Å². The zero-order valence-electron chi connectivity index (χ0n) is 11.9. The van der Waals surface area contributed by atoms with E-state index >= 15 is 0 Å². The minimum absolute atomic E-state index is 0.545. The molecule has 0 bridgehead atoms. The van der Waals surface area contributed by atoms with Gasteiger partial charge in [-0.15, -0.1) is 0 Å². The largest absolute Gasteiger partial charge is 0.383 e. The van der Waals surface area contributed by atoms with Crippen LogP contribution < -0.4 is 5.73 Å². The lowest BCUT2D eigenvalue weighted by Crippen LogP contribution is -2.10. The summed E-state index contributed by atoms with van der Waals surface area (Å²) in [6.45, 7) is 5.31. The van der Waals surface area contributed by atoms with Crippen molar-refractivity contribution in [2.75, 3.05) is 5.73 Å². The number of rotatable bonds is 4. The average Bonchev–Trinajstić information content (AvgIpc) is 3.19. The third-order valence-corrected chi connectivity index (χ3v) is 3.99. The normalized spacial score (nSPS) is 15.0. The lowest BCUT2D eigenvalue weighted by Gasteiger charge is -2.12. The van der Waals surface area contributed by atoms with Gasteiger partial charge in [-0.2, -0.15) is 0 Å². The molecule has 0 spiro atoms. The Labute approximate surface area is 124 Å². The molecule has 1 aliphatic carbocycles. The minimum Gasteiger partial charge on any atom is -0.383 e. The highest BCUT2D eigenvalue weighted by Gasteiger charge is 2.31. The highest BCUT2D eigenvalue weighted by molar-refractivity contribution is 6.33. The first-order chi connectivity index (χ1) is 9.58. The van der Waals surface area contributed by atoms with Crippen molar-refractivity contribution in [1.29, 1.82) is 0 Å². The predicted molar refractivity (Wildman–Crippen MR) is 83.9 cm³/mol. The van der Waals surface area contributed by atoms with E-state index in [1.54, 1.807) is 0 Å². The van der Waals surface area contributed by atoms with E-state index in [9.17, 15) is 0 Å². The van der Waals surface area contributed by atoms with Gasteiger partial charge in [-0.3, -0.25) is 0 Å². The third kappa shape index (κ3) is 2.42. The standard InChI is InChI=1S/C16H20ClN3/c1-10(2)9-20-15(18)14(19-16(20)11-7-8-11)12-5-3-4-6-13(12)17/h3-6,10-11H,7-9,18H2,1-2H3. The molecule has 2 N–H and O–H groups in total. The highest BCUT2D eigenvalue weighted by atomic mass is 35.5. The number of anilines is 1. The molecule has 0 aliphatic heterocycles. The molecule has 3 nitrogen and oxygen atoms in total. The Morgan fingerprint density at radius 1 is 1.35 bits per heavy atom. The first-order valence-corrected chi connectivity index (χ1v) is 7.56. The van der Waals surface area contributed by atoms with Crippen LogP contribution in [0, 0.1) is 5.92 Å². The molecule has 106 valence electrons. The number of nitrogen functional groups attached to an aromatic ring is 1. The van der Waals surface area contributed by atoms with Crippen LogP contribution in [-0.4, -0.2) is 9.55 Å². The second-order valence-corrected chi connectivity index (χ2v) is 6.37. The minimum atomic E-state index is 0.545. The zero-order chi connectivity index (χ0) is 14.3. The second kappa shape index (κ2) is 5.13. The molecule has 0 radical (unpaired) electrons. The van der Waals surface area contributed by atoms with Crippen LogP contribution in [0.15, 0.2) is 24.3 Å². The molecule has 1 aromatic carbocycles. The molecule has 0 amide bonds. The molecule has 1 saturated carbocycles. The van der Waals surface area contributed by atoms with Crippen LogP contribution in [-0.2, 0) is 6.54 Å². The van der Waals surface area contributed by atoms with Crippen molar-refractivity contribution in [3.63, 3.8) is 0 Å². The number of hydrogen-bond acceptors (Lipinski definition) is 2. The van der Waals surface area contributed by atoms with Crippen molar-refractivity contribution >= 4 is 17.4 Å². The molecule has 1 aromatic heterocycles. The van der Waals surface area contributed by atoms with Crippen molar-refractivity contribution in [2.24, 2.45) is 5.92 Å². The maximum atomic E-state index is 6.36. The van der Waals surface area contributed by atoms with E-state index in [4.69, 9.17) is 22.3 Å². The lowest BCUT2D eigenvalue weighted by molar-refractivity contribution is 0.512. The van der Waals surface area contributed by atoms with Gasteiger partial charge in [0.1, 0.15) is 17.3 Å². The summed E-state index contributed by atoms with van der Waals surface area (Å²) in [7, 11) is 0. The van der Waals surface area contributed by atoms with E-state index in [0.29, 0.717) is 16.9 Å². The summed E-state index contributed by atoms with van der Waals surface area (Å²) in [6, 6.07) is 7.76. The highest BCUT2D eigenvalue weighted by Crippen LogP contribution is 2.43. The lowest BCUT2D eigenvalue weighted by atomic mass is 10.1.